The molecule has 19 heavy (non-hydrogen) atoms. The summed E-state index contributed by atoms with van der Waals surface area (Å²) in [6, 6.07) is 7.08. The quantitative estimate of drug-likeness (QED) is 0.830. The van der Waals surface area contributed by atoms with E-state index >= 15 is 0 Å². The van der Waals surface area contributed by atoms with Crippen LogP contribution < -0.4 is 5.32 Å². The van der Waals surface area contributed by atoms with E-state index in [0.29, 0.717) is 6.54 Å². The number of rotatable bonds is 5. The first kappa shape index (κ1) is 13.8. The fourth-order valence-corrected chi connectivity index (χ4v) is 3.17. The number of carboxylic acids is 1. The Kier molecular flexibility index (Phi) is 4.01. The molecule has 1 unspecified atom stereocenters. The Labute approximate surface area is 111 Å². The lowest BCUT2D eigenvalue weighted by molar-refractivity contribution is -0.136. The van der Waals surface area contributed by atoms with E-state index in [1.165, 1.54) is 5.41 Å². The van der Waals surface area contributed by atoms with Crippen molar-refractivity contribution in [1.82, 2.24) is 5.32 Å². The van der Waals surface area contributed by atoms with Gasteiger partial charge in [-0.25, -0.2) is 8.42 Å². The molecule has 1 aromatic carbocycles. The molecule has 1 aromatic rings. The van der Waals surface area contributed by atoms with E-state index in [2.05, 4.69) is 5.32 Å². The van der Waals surface area contributed by atoms with E-state index in [0.717, 1.165) is 11.1 Å². The number of hydrogen-bond acceptors (Lipinski definition) is 4. The minimum absolute atomic E-state index is 0.0112. The van der Waals surface area contributed by atoms with Gasteiger partial charge in [-0.05, 0) is 11.1 Å². The molecular formula is C13H15NO4S. The van der Waals surface area contributed by atoms with Crippen molar-refractivity contribution in [1.29, 1.82) is 0 Å². The smallest absolute Gasteiger partial charge is 0.307 e. The summed E-state index contributed by atoms with van der Waals surface area (Å²) in [5.41, 5.74) is 1.74. The molecule has 1 atom stereocenters. The molecule has 6 heteroatoms. The summed E-state index contributed by atoms with van der Waals surface area (Å²) < 4.78 is 22.4. The molecule has 0 spiro atoms. The lowest BCUT2D eigenvalue weighted by Crippen LogP contribution is -2.29. The molecule has 5 nitrogen and oxygen atoms in total. The molecule has 1 aliphatic heterocycles. The zero-order chi connectivity index (χ0) is 13.9. The second-order valence-electron chi connectivity index (χ2n) is 4.53. The Bertz CT molecular complexity index is 590. The summed E-state index contributed by atoms with van der Waals surface area (Å²) >= 11 is 0. The molecular weight excluding hydrogens is 266 g/mol. The third-order valence-corrected chi connectivity index (χ3v) is 4.27. The molecule has 0 bridgehead atoms. The second kappa shape index (κ2) is 5.54. The molecule has 0 saturated carbocycles. The van der Waals surface area contributed by atoms with Crippen molar-refractivity contribution in [2.45, 2.75) is 19.0 Å². The van der Waals surface area contributed by atoms with Gasteiger partial charge in [0.25, 0.3) is 0 Å². The van der Waals surface area contributed by atoms with Gasteiger partial charge in [0.15, 0.2) is 9.84 Å². The lowest BCUT2D eigenvalue weighted by atomic mass is 10.1. The summed E-state index contributed by atoms with van der Waals surface area (Å²) in [5.74, 6) is -0.753. The van der Waals surface area contributed by atoms with Crippen LogP contribution in [0, 0.1) is 0 Å². The number of carbonyl (C=O) groups is 1. The molecule has 0 aliphatic carbocycles. The predicted molar refractivity (Wildman–Crippen MR) is 71.3 cm³/mol. The molecule has 1 aliphatic rings. The summed E-state index contributed by atoms with van der Waals surface area (Å²) in [4.78, 5) is 10.5. The zero-order valence-electron chi connectivity index (χ0n) is 10.2. The van der Waals surface area contributed by atoms with Crippen LogP contribution in [0.2, 0.25) is 0 Å². The van der Waals surface area contributed by atoms with Crippen LogP contribution in [-0.2, 0) is 27.6 Å². The van der Waals surface area contributed by atoms with Crippen LogP contribution in [0.25, 0.3) is 0 Å². The molecule has 0 fully saturated rings. The second-order valence-corrected chi connectivity index (χ2v) is 6.46. The summed E-state index contributed by atoms with van der Waals surface area (Å²) in [6.07, 6.45) is 1.66. The van der Waals surface area contributed by atoms with Gasteiger partial charge in [-0.3, -0.25) is 4.79 Å². The molecule has 0 saturated heterocycles. The summed E-state index contributed by atoms with van der Waals surface area (Å²) in [6.45, 7) is 0.553. The van der Waals surface area contributed by atoms with Crippen LogP contribution in [-0.4, -0.2) is 31.3 Å². The number of hydrogen-bond donors (Lipinski definition) is 2. The minimum Gasteiger partial charge on any atom is -0.481 e. The van der Waals surface area contributed by atoms with Gasteiger partial charge in [-0.1, -0.05) is 30.3 Å². The van der Waals surface area contributed by atoms with Gasteiger partial charge in [0.2, 0.25) is 0 Å². The molecule has 0 amide bonds. The van der Waals surface area contributed by atoms with E-state index in [4.69, 9.17) is 5.11 Å². The third-order valence-electron chi connectivity index (χ3n) is 2.88. The molecule has 0 radical (unpaired) electrons. The molecule has 2 rings (SSSR count). The maximum Gasteiger partial charge on any atom is 0.307 e. The van der Waals surface area contributed by atoms with Gasteiger partial charge in [0.05, 0.1) is 12.2 Å². The molecule has 2 N–H and O–H groups in total. The Morgan fingerprint density at radius 2 is 1.89 bits per heavy atom. The monoisotopic (exact) mass is 281 g/mol. The van der Waals surface area contributed by atoms with Crippen molar-refractivity contribution in [2.24, 2.45) is 0 Å². The SMILES string of the molecule is O=C(O)Cc1ccc(CNC2C=CS(=O)(=O)C2)cc1. The van der Waals surface area contributed by atoms with Gasteiger partial charge in [-0.15, -0.1) is 0 Å². The predicted octanol–water partition coefficient (Wildman–Crippen LogP) is 0.714. The lowest BCUT2D eigenvalue weighted by Gasteiger charge is -2.10. The summed E-state index contributed by atoms with van der Waals surface area (Å²) in [7, 11) is -3.03. The van der Waals surface area contributed by atoms with Crippen molar-refractivity contribution < 1.29 is 18.3 Å². The number of nitrogens with one attached hydrogen (secondary N) is 1. The van der Waals surface area contributed by atoms with Crippen LogP contribution in [0.3, 0.4) is 0 Å². The largest absolute Gasteiger partial charge is 0.481 e. The van der Waals surface area contributed by atoms with Crippen LogP contribution in [0.5, 0.6) is 0 Å². The zero-order valence-corrected chi connectivity index (χ0v) is 11.1. The van der Waals surface area contributed by atoms with Crippen LogP contribution >= 0.6 is 0 Å². The fourth-order valence-electron chi connectivity index (χ4n) is 1.90. The Morgan fingerprint density at radius 3 is 2.42 bits per heavy atom. The molecule has 0 aromatic heterocycles. The first-order valence-corrected chi connectivity index (χ1v) is 7.60. The first-order valence-electron chi connectivity index (χ1n) is 5.88. The van der Waals surface area contributed by atoms with Gasteiger partial charge >= 0.3 is 5.97 Å². The highest BCUT2D eigenvalue weighted by atomic mass is 32.2. The topological polar surface area (TPSA) is 83.5 Å². The maximum absolute atomic E-state index is 11.2. The van der Waals surface area contributed by atoms with Gasteiger partial charge in [0.1, 0.15) is 0 Å². The van der Waals surface area contributed by atoms with E-state index in [1.54, 1.807) is 18.2 Å². The molecule has 102 valence electrons. The van der Waals surface area contributed by atoms with Crippen molar-refractivity contribution in [3.05, 3.63) is 46.9 Å². The van der Waals surface area contributed by atoms with Gasteiger partial charge < -0.3 is 10.4 Å². The van der Waals surface area contributed by atoms with Crippen LogP contribution in [0.1, 0.15) is 11.1 Å². The Hall–Kier alpha value is -1.66. The average molecular weight is 281 g/mol. The number of benzene rings is 1. The highest BCUT2D eigenvalue weighted by Crippen LogP contribution is 2.10. The highest BCUT2D eigenvalue weighted by molar-refractivity contribution is 7.94. The van der Waals surface area contributed by atoms with E-state index in [9.17, 15) is 13.2 Å². The van der Waals surface area contributed by atoms with Crippen LogP contribution in [0.15, 0.2) is 35.7 Å². The molecule has 1 heterocycles. The van der Waals surface area contributed by atoms with E-state index in [1.807, 2.05) is 12.1 Å². The highest BCUT2D eigenvalue weighted by Gasteiger charge is 2.20. The maximum atomic E-state index is 11.2. The van der Waals surface area contributed by atoms with Gasteiger partial charge in [0, 0.05) is 18.0 Å². The van der Waals surface area contributed by atoms with Crippen molar-refractivity contribution in [3.8, 4) is 0 Å². The Morgan fingerprint density at radius 1 is 1.26 bits per heavy atom. The van der Waals surface area contributed by atoms with Crippen molar-refractivity contribution in [2.75, 3.05) is 5.75 Å². The first-order chi connectivity index (χ1) is 8.94. The fraction of sp³-hybridized carbons (Fsp3) is 0.308. The number of carboxylic acid groups (broad SMARTS) is 1. The Balaban J connectivity index is 1.87. The van der Waals surface area contributed by atoms with Crippen LogP contribution in [0.4, 0.5) is 0 Å². The minimum atomic E-state index is -3.03. The normalized spacial score (nSPS) is 20.5. The number of sulfone groups is 1. The van der Waals surface area contributed by atoms with E-state index < -0.39 is 15.8 Å². The van der Waals surface area contributed by atoms with E-state index in [-0.39, 0.29) is 18.2 Å². The standard InChI is InChI=1S/C13H15NO4S/c15-13(16)7-10-1-3-11(4-2-10)8-14-12-5-6-19(17,18)9-12/h1-6,12,14H,7-9H2,(H,15,16). The third kappa shape index (κ3) is 4.18. The van der Waals surface area contributed by atoms with Crippen molar-refractivity contribution in [3.63, 3.8) is 0 Å². The summed E-state index contributed by atoms with van der Waals surface area (Å²) in [5, 5.41) is 13.0. The number of aliphatic carboxylic acids is 1. The van der Waals surface area contributed by atoms with Gasteiger partial charge in [-0.2, -0.15) is 0 Å². The average Bonchev–Trinajstić information content (AvgIpc) is 2.67. The van der Waals surface area contributed by atoms with Crippen molar-refractivity contribution >= 4 is 15.8 Å².